The topological polar surface area (TPSA) is 62.0 Å². The molecule has 1 aromatic carbocycles. The first-order valence-electron chi connectivity index (χ1n) is 6.70. The van der Waals surface area contributed by atoms with Crippen molar-refractivity contribution in [3.05, 3.63) is 35.0 Å². The summed E-state index contributed by atoms with van der Waals surface area (Å²) in [6.45, 7) is 2.11. The number of aromatic amines is 1. The number of sulfonamides is 1. The van der Waals surface area contributed by atoms with Crippen LogP contribution in [0.5, 0.6) is 0 Å². The summed E-state index contributed by atoms with van der Waals surface area (Å²) in [5, 5.41) is 1.79. The van der Waals surface area contributed by atoms with Gasteiger partial charge >= 0.3 is 0 Å². The van der Waals surface area contributed by atoms with Crippen molar-refractivity contribution in [1.82, 2.24) is 9.71 Å². The van der Waals surface area contributed by atoms with Gasteiger partial charge in [0.25, 0.3) is 0 Å². The number of halogens is 1. The van der Waals surface area contributed by atoms with Crippen molar-refractivity contribution in [2.75, 3.05) is 12.3 Å². The number of rotatable bonds is 5. The minimum Gasteiger partial charge on any atom is -0.361 e. The predicted molar refractivity (Wildman–Crippen MR) is 81.7 cm³/mol. The van der Waals surface area contributed by atoms with Gasteiger partial charge in [0, 0.05) is 34.1 Å². The molecular formula is C14H17ClN2O2S. The number of hydrogen-bond donors (Lipinski definition) is 2. The van der Waals surface area contributed by atoms with E-state index in [0.717, 1.165) is 29.3 Å². The second-order valence-corrected chi connectivity index (χ2v) is 7.93. The van der Waals surface area contributed by atoms with Gasteiger partial charge in [-0.15, -0.1) is 0 Å². The lowest BCUT2D eigenvalue weighted by Gasteiger charge is -2.15. The van der Waals surface area contributed by atoms with E-state index >= 15 is 0 Å². The van der Waals surface area contributed by atoms with Crippen LogP contribution in [-0.2, 0) is 15.4 Å². The van der Waals surface area contributed by atoms with E-state index in [-0.39, 0.29) is 11.2 Å². The Balaban J connectivity index is 1.92. The molecule has 1 aromatic heterocycles. The van der Waals surface area contributed by atoms with Gasteiger partial charge in [-0.3, -0.25) is 0 Å². The molecule has 0 radical (unpaired) electrons. The zero-order valence-corrected chi connectivity index (χ0v) is 12.8. The molecule has 0 atom stereocenters. The highest BCUT2D eigenvalue weighted by Gasteiger charge is 2.46. The fourth-order valence-electron chi connectivity index (χ4n) is 2.57. The monoisotopic (exact) mass is 312 g/mol. The Morgan fingerprint density at radius 2 is 2.15 bits per heavy atom. The maximum atomic E-state index is 11.6. The van der Waals surface area contributed by atoms with Gasteiger partial charge in [-0.25, -0.2) is 13.1 Å². The van der Waals surface area contributed by atoms with Crippen molar-refractivity contribution >= 4 is 32.5 Å². The third-order valence-electron chi connectivity index (χ3n) is 4.08. The Bertz CT molecular complexity index is 748. The number of nitrogens with one attached hydrogen (secondary N) is 2. The number of benzene rings is 1. The smallest absolute Gasteiger partial charge is 0.211 e. The fourth-order valence-corrected chi connectivity index (χ4v) is 3.45. The number of H-pyrrole nitrogens is 1. The Morgan fingerprint density at radius 3 is 2.80 bits per heavy atom. The average molecular weight is 313 g/mol. The van der Waals surface area contributed by atoms with E-state index in [9.17, 15) is 8.42 Å². The van der Waals surface area contributed by atoms with Gasteiger partial charge in [-0.2, -0.15) is 0 Å². The maximum Gasteiger partial charge on any atom is 0.211 e. The molecule has 1 saturated carbocycles. The first-order chi connectivity index (χ1) is 9.46. The van der Waals surface area contributed by atoms with E-state index in [1.165, 1.54) is 0 Å². The van der Waals surface area contributed by atoms with E-state index in [0.29, 0.717) is 11.6 Å². The molecule has 0 amide bonds. The number of fused-ring (bicyclic) bond motifs is 1. The highest BCUT2D eigenvalue weighted by Crippen LogP contribution is 2.50. The molecule has 20 heavy (non-hydrogen) atoms. The molecule has 0 bridgehead atoms. The molecule has 1 aliphatic rings. The third-order valence-corrected chi connectivity index (χ3v) is 5.66. The molecule has 1 aliphatic carbocycles. The van der Waals surface area contributed by atoms with E-state index in [2.05, 4.69) is 9.71 Å². The van der Waals surface area contributed by atoms with Crippen LogP contribution in [0.4, 0.5) is 0 Å². The van der Waals surface area contributed by atoms with Crippen LogP contribution >= 0.6 is 11.6 Å². The van der Waals surface area contributed by atoms with Gasteiger partial charge in [0.05, 0.1) is 5.75 Å². The first-order valence-corrected chi connectivity index (χ1v) is 8.73. The van der Waals surface area contributed by atoms with Crippen LogP contribution in [0, 0.1) is 0 Å². The molecular weight excluding hydrogens is 296 g/mol. The molecule has 0 unspecified atom stereocenters. The minimum atomic E-state index is -3.15. The van der Waals surface area contributed by atoms with Crippen molar-refractivity contribution in [2.45, 2.75) is 25.2 Å². The Hall–Kier alpha value is -1.04. The molecule has 6 heteroatoms. The molecule has 0 saturated heterocycles. The fraction of sp³-hybridized carbons (Fsp3) is 0.429. The quantitative estimate of drug-likeness (QED) is 0.891. The number of hydrogen-bond acceptors (Lipinski definition) is 2. The SMILES string of the molecule is CCS(=O)(=O)NCC1(c2c[nH]c3ccc(Cl)cc23)CC1. The van der Waals surface area contributed by atoms with E-state index in [1.54, 1.807) is 6.92 Å². The van der Waals surface area contributed by atoms with E-state index < -0.39 is 10.0 Å². The van der Waals surface area contributed by atoms with Crippen molar-refractivity contribution < 1.29 is 8.42 Å². The molecule has 2 N–H and O–H groups in total. The van der Waals surface area contributed by atoms with Gasteiger partial charge in [-0.1, -0.05) is 11.6 Å². The standard InChI is InChI=1S/C14H17ClN2O2S/c1-2-20(18,19)17-9-14(5-6-14)12-8-16-13-4-3-10(15)7-11(12)13/h3-4,7-8,16-17H,2,5-6,9H2,1H3. The average Bonchev–Trinajstić information content (AvgIpc) is 3.10. The number of aromatic nitrogens is 1. The van der Waals surface area contributed by atoms with Crippen LogP contribution in [-0.4, -0.2) is 25.7 Å². The normalized spacial score (nSPS) is 17.5. The third kappa shape index (κ3) is 2.45. The predicted octanol–water partition coefficient (Wildman–Crippen LogP) is 2.79. The summed E-state index contributed by atoms with van der Waals surface area (Å²) in [6.07, 6.45) is 3.98. The van der Waals surface area contributed by atoms with Crippen molar-refractivity contribution in [2.24, 2.45) is 0 Å². The lowest BCUT2D eigenvalue weighted by molar-refractivity contribution is 0.569. The molecule has 108 valence electrons. The van der Waals surface area contributed by atoms with Gasteiger partial charge in [0.2, 0.25) is 10.0 Å². The van der Waals surface area contributed by atoms with Gasteiger partial charge in [-0.05, 0) is 43.5 Å². The second-order valence-electron chi connectivity index (χ2n) is 5.40. The lowest BCUT2D eigenvalue weighted by Crippen LogP contribution is -2.33. The molecule has 4 nitrogen and oxygen atoms in total. The summed E-state index contributed by atoms with van der Waals surface area (Å²) < 4.78 is 25.9. The van der Waals surface area contributed by atoms with Gasteiger partial charge < -0.3 is 4.98 Å². The minimum absolute atomic E-state index is 0.0782. The molecule has 0 aliphatic heterocycles. The van der Waals surface area contributed by atoms with Crippen LogP contribution < -0.4 is 4.72 Å². The van der Waals surface area contributed by atoms with Gasteiger partial charge in [0.15, 0.2) is 0 Å². The summed E-state index contributed by atoms with van der Waals surface area (Å²) >= 11 is 6.06. The summed E-state index contributed by atoms with van der Waals surface area (Å²) in [4.78, 5) is 3.24. The van der Waals surface area contributed by atoms with Gasteiger partial charge in [0.1, 0.15) is 0 Å². The summed E-state index contributed by atoms with van der Waals surface area (Å²) in [7, 11) is -3.15. The van der Waals surface area contributed by atoms with Crippen molar-refractivity contribution in [3.8, 4) is 0 Å². The Morgan fingerprint density at radius 1 is 1.40 bits per heavy atom. The van der Waals surface area contributed by atoms with Crippen LogP contribution in [0.1, 0.15) is 25.3 Å². The van der Waals surface area contributed by atoms with Crippen molar-refractivity contribution in [1.29, 1.82) is 0 Å². The zero-order valence-electron chi connectivity index (χ0n) is 11.2. The maximum absolute atomic E-state index is 11.6. The molecule has 1 fully saturated rings. The lowest BCUT2D eigenvalue weighted by atomic mass is 9.96. The van der Waals surface area contributed by atoms with Crippen LogP contribution in [0.15, 0.2) is 24.4 Å². The van der Waals surface area contributed by atoms with Crippen LogP contribution in [0.3, 0.4) is 0 Å². The van der Waals surface area contributed by atoms with Crippen LogP contribution in [0.25, 0.3) is 10.9 Å². The first kappa shape index (κ1) is 13.9. The second kappa shape index (κ2) is 4.76. The molecule has 0 spiro atoms. The highest BCUT2D eigenvalue weighted by atomic mass is 35.5. The van der Waals surface area contributed by atoms with Crippen LogP contribution in [0.2, 0.25) is 5.02 Å². The highest BCUT2D eigenvalue weighted by molar-refractivity contribution is 7.89. The van der Waals surface area contributed by atoms with E-state index in [4.69, 9.17) is 11.6 Å². The summed E-state index contributed by atoms with van der Waals surface area (Å²) in [6, 6.07) is 5.74. The Kier molecular flexibility index (Phi) is 3.31. The summed E-state index contributed by atoms with van der Waals surface area (Å²) in [5.74, 6) is 0.114. The molecule has 1 heterocycles. The summed E-state index contributed by atoms with van der Waals surface area (Å²) in [5.41, 5.74) is 2.12. The molecule has 2 aromatic rings. The zero-order chi connectivity index (χ0) is 14.4. The Labute approximate surface area is 123 Å². The van der Waals surface area contributed by atoms with E-state index in [1.807, 2.05) is 24.4 Å². The largest absolute Gasteiger partial charge is 0.361 e. The molecule has 3 rings (SSSR count). The van der Waals surface area contributed by atoms with Crippen molar-refractivity contribution in [3.63, 3.8) is 0 Å².